The summed E-state index contributed by atoms with van der Waals surface area (Å²) in [5.41, 5.74) is 6.78. The Kier molecular flexibility index (Phi) is 52.9. The van der Waals surface area contributed by atoms with E-state index in [1.165, 1.54) is 136 Å². The van der Waals surface area contributed by atoms with Gasteiger partial charge in [0.1, 0.15) is 28.4 Å². The Morgan fingerprint density at radius 1 is 0.546 bits per heavy atom. The molecular formula is C96H122Cl2F2N16O25. The standard InChI is InChI=1S/C16H15ClN2O4.C16H24N2O4.2C14H19N3O3.C13H14ClNO4.C13H20N2O4.C10H11F2N3O3/c1-10-14(16(21)18-9-5-8-13(20)22-2)15(19-23-10)11-6-3-4-7-12(11)17;1-22-15(20)7-4-10-17-16(21)12-8-9-14(19)18(11-12)13-5-2-3-6-13;1-9-5-6-11-10(8-9)13(17-16-11)14(19)15-7-3-4-12(18)20-2;1-17-13(10-6-3-4-7-11(10)16-17)14(19)15-9-5-8-12(18)20-2;1-19-11(16)3-2-8-15-13(18)12(17)9-4-6-10(14)7-5-9;1-10(16)15-8-4-5-11(9-15)13(18)14-7-3-6-12(17)19-2;1-18-8(16)3-2-5-13-9(17)7-4-6-14-15(7)10(11)12/h3-8H,9H2,1-2H3,(H,18,21);4,7,12-13H,2-3,5-6,8-11H2,1H3,(H,17,21);3-4,9H,5-8H2,1-2H3,(H,15,19)(H,16,17);5,8H,3-4,6-7,9H2,1-2H3,(H,15,19);2-7,12,17H,8H2,1H3,(H,15,18);3,6,11H,4-5,7-9H2,1-2H3,(H,14,18);2-4,6,10H,5H2,1H3,(H,13,17)/b8-5+;7-4+;4-3+;8-5+;3-2+;6-3+;3-2+. The number of aromatic nitrogens is 7. The molecule has 6 aromatic rings. The van der Waals surface area contributed by atoms with Gasteiger partial charge in [-0.05, 0) is 120 Å². The number of esters is 7. The number of ether oxygens (including phenoxy) is 7. The fourth-order valence-corrected chi connectivity index (χ4v) is 14.6. The number of hydrogen-bond donors (Lipinski definition) is 9. The summed E-state index contributed by atoms with van der Waals surface area (Å²) in [5.74, 6) is -4.63. The van der Waals surface area contributed by atoms with Crippen LogP contribution in [0.5, 0.6) is 0 Å². The smallest absolute Gasteiger partial charge is 0.333 e. The van der Waals surface area contributed by atoms with Crippen molar-refractivity contribution in [2.75, 3.05) is 115 Å². The van der Waals surface area contributed by atoms with Gasteiger partial charge in [-0.15, -0.1) is 0 Å². The van der Waals surface area contributed by atoms with Gasteiger partial charge in [-0.2, -0.15) is 28.8 Å². The first-order valence-corrected chi connectivity index (χ1v) is 45.6. The predicted molar refractivity (Wildman–Crippen MR) is 509 cm³/mol. The second kappa shape index (κ2) is 63.8. The number of aryl methyl sites for hydroxylation is 4. The zero-order valence-corrected chi connectivity index (χ0v) is 81.8. The molecule has 9 amide bonds. The number of carbonyl (C=O) groups is 16. The van der Waals surface area contributed by atoms with Crippen molar-refractivity contribution in [2.24, 2.45) is 24.8 Å². The molecular weight excluding hydrogens is 1890 g/mol. The number of aliphatic hydroxyl groups excluding tert-OH is 1. The number of nitrogens with one attached hydrogen (secondary N) is 8. The SMILES string of the molecule is COC(=O)/C=C/CNC(=O)C(O)c1ccc(Cl)cc1.COC(=O)/C=C/CNC(=O)C1CCC(=O)N(C2CCCC2)C1.COC(=O)/C=C/CNC(=O)C1CCCN(C(C)=O)C1.COC(=O)/C=C/CNC(=O)c1c(-c2ccccc2Cl)noc1C.COC(=O)/C=C/CNC(=O)c1c2c(nn1C)CCCC2.COC(=O)/C=C/CNC(=O)c1ccnn1C(F)F.COC(=O)/C=C/CNC(=O)c1n[nH]c2c1CC(C)CC2. The van der Waals surface area contributed by atoms with Crippen molar-refractivity contribution in [1.29, 1.82) is 0 Å². The third kappa shape index (κ3) is 41.1. The van der Waals surface area contributed by atoms with Crippen LogP contribution in [0.1, 0.15) is 173 Å². The first-order valence-electron chi connectivity index (χ1n) is 44.8. The van der Waals surface area contributed by atoms with Crippen molar-refractivity contribution in [3.8, 4) is 11.3 Å². The van der Waals surface area contributed by atoms with Crippen LogP contribution in [0.15, 0.2) is 150 Å². The highest BCUT2D eigenvalue weighted by Crippen LogP contribution is 2.33. The summed E-state index contributed by atoms with van der Waals surface area (Å²) in [5, 5.41) is 47.9. The van der Waals surface area contributed by atoms with Crippen molar-refractivity contribution in [1.82, 2.24) is 81.9 Å². The summed E-state index contributed by atoms with van der Waals surface area (Å²) in [7, 11) is 10.8. The molecule has 6 heterocycles. The van der Waals surface area contributed by atoms with Crippen molar-refractivity contribution < 1.29 is 128 Å². The molecule has 4 atom stereocenters. The zero-order valence-electron chi connectivity index (χ0n) is 80.3. The highest BCUT2D eigenvalue weighted by Gasteiger charge is 2.36. The van der Waals surface area contributed by atoms with Crippen LogP contribution in [-0.4, -0.2) is 266 Å². The Labute approximate surface area is 823 Å². The molecule has 1 saturated carbocycles. The van der Waals surface area contributed by atoms with E-state index in [-0.39, 0.29) is 98.1 Å². The first kappa shape index (κ1) is 117. The summed E-state index contributed by atoms with van der Waals surface area (Å²) in [4.78, 5) is 187. The number of alkyl halides is 2. The second-order valence-corrected chi connectivity index (χ2v) is 32.2. The van der Waals surface area contributed by atoms with Gasteiger partial charge < -0.3 is 89.8 Å². The molecule has 0 radical (unpaired) electrons. The monoisotopic (exact) mass is 2010 g/mol. The number of aromatic amines is 1. The minimum atomic E-state index is -2.88. The number of amides is 9. The van der Waals surface area contributed by atoms with Gasteiger partial charge in [0, 0.05) is 168 Å². The molecule has 2 aliphatic heterocycles. The Morgan fingerprint density at radius 2 is 1.02 bits per heavy atom. The van der Waals surface area contributed by atoms with Crippen molar-refractivity contribution in [2.45, 2.75) is 136 Å². The molecule has 764 valence electrons. The van der Waals surface area contributed by atoms with Gasteiger partial charge in [0.15, 0.2) is 11.8 Å². The number of benzene rings is 2. The number of aliphatic hydroxyl groups is 1. The molecule has 11 rings (SSSR count). The Balaban J connectivity index is 0.000000290. The predicted octanol–water partition coefficient (Wildman–Crippen LogP) is 7.57. The first-order chi connectivity index (χ1) is 67.5. The van der Waals surface area contributed by atoms with E-state index in [1.807, 2.05) is 4.90 Å². The van der Waals surface area contributed by atoms with Gasteiger partial charge in [0.05, 0.1) is 72.3 Å². The molecule has 0 bridgehead atoms. The third-order valence-corrected chi connectivity index (χ3v) is 22.2. The number of rotatable bonds is 32. The molecule has 9 N–H and O–H groups in total. The fourth-order valence-electron chi connectivity index (χ4n) is 14.3. The van der Waals surface area contributed by atoms with Crippen LogP contribution in [0.2, 0.25) is 10.0 Å². The van der Waals surface area contributed by atoms with Crippen LogP contribution in [0.3, 0.4) is 0 Å². The van der Waals surface area contributed by atoms with E-state index < -0.39 is 66.3 Å². The summed E-state index contributed by atoms with van der Waals surface area (Å²) < 4.78 is 62.9. The number of fused-ring (bicyclic) bond motifs is 2. The summed E-state index contributed by atoms with van der Waals surface area (Å²) in [6.07, 6.45) is 33.1. The molecule has 0 spiro atoms. The minimum Gasteiger partial charge on any atom is -0.466 e. The van der Waals surface area contributed by atoms with Gasteiger partial charge in [0.25, 0.3) is 29.5 Å². The van der Waals surface area contributed by atoms with Crippen LogP contribution in [0.25, 0.3) is 11.3 Å². The van der Waals surface area contributed by atoms with E-state index in [9.17, 15) is 90.6 Å². The lowest BCUT2D eigenvalue weighted by atomic mass is 9.88. The molecule has 2 aromatic carbocycles. The maximum absolute atomic E-state index is 12.4. The van der Waals surface area contributed by atoms with Crippen molar-refractivity contribution >= 4 is 118 Å². The summed E-state index contributed by atoms with van der Waals surface area (Å²) in [6, 6.07) is 14.9. The average molecular weight is 2010 g/mol. The summed E-state index contributed by atoms with van der Waals surface area (Å²) in [6.45, 7) is 5.61. The quantitative estimate of drug-likeness (QED) is 0.0112. The average Bonchev–Trinajstić information content (AvgIpc) is 1.64. The Hall–Kier alpha value is -14.6. The normalized spacial score (nSPS) is 15.5. The Bertz CT molecular complexity index is 5420. The number of piperidine rings is 2. The molecule has 4 aromatic heterocycles. The van der Waals surface area contributed by atoms with Gasteiger partial charge in [-0.1, -0.05) is 121 Å². The number of halogens is 4. The second-order valence-electron chi connectivity index (χ2n) is 31.4. The third-order valence-electron chi connectivity index (χ3n) is 21.6. The lowest BCUT2D eigenvalue weighted by Crippen LogP contribution is -2.49. The molecule has 41 nitrogen and oxygen atoms in total. The number of likely N-dealkylation sites (tertiary alicyclic amines) is 2. The highest BCUT2D eigenvalue weighted by molar-refractivity contribution is 6.33. The molecule has 141 heavy (non-hydrogen) atoms. The molecule has 3 aliphatic carbocycles. The van der Waals surface area contributed by atoms with E-state index in [4.69, 9.17) is 27.7 Å². The van der Waals surface area contributed by atoms with Crippen molar-refractivity contribution in [3.63, 3.8) is 0 Å². The van der Waals surface area contributed by atoms with Gasteiger partial charge in [-0.3, -0.25) is 52.9 Å². The van der Waals surface area contributed by atoms with Crippen LogP contribution in [0, 0.1) is 24.7 Å². The number of carbonyl (C=O) groups excluding carboxylic acids is 16. The van der Waals surface area contributed by atoms with Crippen LogP contribution in [0.4, 0.5) is 8.78 Å². The van der Waals surface area contributed by atoms with E-state index >= 15 is 0 Å². The number of H-pyrrole nitrogens is 1. The van der Waals surface area contributed by atoms with Gasteiger partial charge in [0.2, 0.25) is 23.6 Å². The maximum Gasteiger partial charge on any atom is 0.333 e. The van der Waals surface area contributed by atoms with Crippen LogP contribution >= 0.6 is 23.2 Å². The molecule has 4 unspecified atom stereocenters. The minimum absolute atomic E-state index is 0.00286. The van der Waals surface area contributed by atoms with E-state index in [2.05, 4.69) is 103 Å². The maximum atomic E-state index is 12.4. The largest absolute Gasteiger partial charge is 0.466 e. The molecule has 2 saturated heterocycles. The lowest BCUT2D eigenvalue weighted by molar-refractivity contribution is -0.141. The number of nitrogens with zero attached hydrogens (tertiary/aromatic N) is 8. The molecule has 45 heteroatoms. The van der Waals surface area contributed by atoms with E-state index in [1.54, 1.807) is 90.3 Å². The topological polar surface area (TPSA) is 539 Å². The van der Waals surface area contributed by atoms with Gasteiger partial charge >= 0.3 is 48.3 Å². The van der Waals surface area contributed by atoms with Crippen molar-refractivity contribution in [3.05, 3.63) is 212 Å². The number of methoxy groups -OCH3 is 7. The Morgan fingerprint density at radius 3 is 1.52 bits per heavy atom. The zero-order chi connectivity index (χ0) is 104. The van der Waals surface area contributed by atoms with E-state index in [0.717, 1.165) is 112 Å². The summed E-state index contributed by atoms with van der Waals surface area (Å²) >= 11 is 11.9. The van der Waals surface area contributed by atoms with Crippen LogP contribution < -0.4 is 37.2 Å². The number of hydrogen-bond acceptors (Lipinski definition) is 29. The molecule has 3 fully saturated rings. The molecule has 5 aliphatic rings. The lowest BCUT2D eigenvalue weighted by Gasteiger charge is -2.36. The van der Waals surface area contributed by atoms with Crippen LogP contribution in [-0.2, 0) is 123 Å². The van der Waals surface area contributed by atoms with E-state index in [0.29, 0.717) is 98.7 Å². The fraction of sp³-hybridized carbons (Fsp3) is 0.438. The highest BCUT2D eigenvalue weighted by atomic mass is 35.5. The van der Waals surface area contributed by atoms with Gasteiger partial charge in [-0.25, -0.2) is 33.6 Å².